The fraction of sp³-hybridized carbons (Fsp3) is 0.733. The SMILES string of the molecule is Cc1nc(C2CC3CCC2C3)nc(N)c1C(C)C. The molecule has 1 aromatic rings. The van der Waals surface area contributed by atoms with Gasteiger partial charge >= 0.3 is 0 Å². The summed E-state index contributed by atoms with van der Waals surface area (Å²) < 4.78 is 0. The average molecular weight is 245 g/mol. The predicted molar refractivity (Wildman–Crippen MR) is 73.5 cm³/mol. The number of nitrogens with two attached hydrogens (primary N) is 1. The van der Waals surface area contributed by atoms with E-state index in [4.69, 9.17) is 10.7 Å². The monoisotopic (exact) mass is 245 g/mol. The summed E-state index contributed by atoms with van der Waals surface area (Å²) >= 11 is 0. The van der Waals surface area contributed by atoms with Crippen molar-refractivity contribution < 1.29 is 0 Å². The summed E-state index contributed by atoms with van der Waals surface area (Å²) in [5, 5.41) is 0. The first-order chi connectivity index (χ1) is 8.56. The zero-order valence-electron chi connectivity index (χ0n) is 11.6. The van der Waals surface area contributed by atoms with Gasteiger partial charge in [0.2, 0.25) is 0 Å². The lowest BCUT2D eigenvalue weighted by Crippen LogP contribution is -2.16. The van der Waals surface area contributed by atoms with Gasteiger partial charge < -0.3 is 5.73 Å². The Kier molecular flexibility index (Phi) is 2.80. The minimum Gasteiger partial charge on any atom is -0.383 e. The topological polar surface area (TPSA) is 51.8 Å². The van der Waals surface area contributed by atoms with Gasteiger partial charge in [0.15, 0.2) is 0 Å². The predicted octanol–water partition coefficient (Wildman–Crippen LogP) is 3.39. The van der Waals surface area contributed by atoms with Crippen molar-refractivity contribution in [2.75, 3.05) is 5.73 Å². The van der Waals surface area contributed by atoms with E-state index in [0.717, 1.165) is 28.9 Å². The number of hydrogen-bond acceptors (Lipinski definition) is 3. The fourth-order valence-corrected chi connectivity index (χ4v) is 4.07. The molecule has 2 fully saturated rings. The van der Waals surface area contributed by atoms with Crippen LogP contribution in [0.15, 0.2) is 0 Å². The highest BCUT2D eigenvalue weighted by molar-refractivity contribution is 5.44. The molecule has 0 aliphatic heterocycles. The number of anilines is 1. The normalized spacial score (nSPS) is 30.3. The molecule has 0 aromatic carbocycles. The first-order valence-corrected chi connectivity index (χ1v) is 7.20. The summed E-state index contributed by atoms with van der Waals surface area (Å²) in [6.45, 7) is 6.38. The minimum absolute atomic E-state index is 0.402. The smallest absolute Gasteiger partial charge is 0.134 e. The van der Waals surface area contributed by atoms with Gasteiger partial charge in [0.05, 0.1) is 0 Å². The molecular weight excluding hydrogens is 222 g/mol. The summed E-state index contributed by atoms with van der Waals surface area (Å²) in [5.74, 6) is 4.44. The zero-order chi connectivity index (χ0) is 12.9. The van der Waals surface area contributed by atoms with Crippen LogP contribution < -0.4 is 5.73 Å². The molecule has 2 bridgehead atoms. The maximum Gasteiger partial charge on any atom is 0.134 e. The molecule has 0 spiro atoms. The van der Waals surface area contributed by atoms with Crippen molar-refractivity contribution in [2.24, 2.45) is 11.8 Å². The van der Waals surface area contributed by atoms with Crippen molar-refractivity contribution in [1.82, 2.24) is 9.97 Å². The van der Waals surface area contributed by atoms with Crippen molar-refractivity contribution in [3.63, 3.8) is 0 Å². The Labute approximate surface area is 109 Å². The van der Waals surface area contributed by atoms with Gasteiger partial charge in [-0.3, -0.25) is 0 Å². The van der Waals surface area contributed by atoms with Gasteiger partial charge in [-0.25, -0.2) is 9.97 Å². The third-order valence-corrected chi connectivity index (χ3v) is 4.83. The van der Waals surface area contributed by atoms with Crippen LogP contribution >= 0.6 is 0 Å². The van der Waals surface area contributed by atoms with Gasteiger partial charge in [0.1, 0.15) is 11.6 Å². The third-order valence-electron chi connectivity index (χ3n) is 4.83. The summed E-state index contributed by atoms with van der Waals surface area (Å²) in [5.41, 5.74) is 8.34. The first kappa shape index (κ1) is 11.9. The van der Waals surface area contributed by atoms with Crippen molar-refractivity contribution in [2.45, 2.75) is 58.3 Å². The van der Waals surface area contributed by atoms with E-state index in [1.807, 2.05) is 0 Å². The second-order valence-corrected chi connectivity index (χ2v) is 6.40. The number of nitrogen functional groups attached to an aromatic ring is 1. The third kappa shape index (κ3) is 1.80. The van der Waals surface area contributed by atoms with Crippen LogP contribution in [-0.2, 0) is 0 Å². The van der Waals surface area contributed by atoms with Crippen LogP contribution in [0.5, 0.6) is 0 Å². The minimum atomic E-state index is 0.402. The van der Waals surface area contributed by atoms with E-state index in [1.54, 1.807) is 0 Å². The van der Waals surface area contributed by atoms with Gasteiger partial charge in [-0.15, -0.1) is 0 Å². The van der Waals surface area contributed by atoms with E-state index >= 15 is 0 Å². The lowest BCUT2D eigenvalue weighted by molar-refractivity contribution is 0.405. The van der Waals surface area contributed by atoms with Crippen LogP contribution in [0.4, 0.5) is 5.82 Å². The molecule has 2 N–H and O–H groups in total. The van der Waals surface area contributed by atoms with Crippen molar-refractivity contribution >= 4 is 5.82 Å². The van der Waals surface area contributed by atoms with Crippen LogP contribution in [-0.4, -0.2) is 9.97 Å². The van der Waals surface area contributed by atoms with Gasteiger partial charge in [-0.2, -0.15) is 0 Å². The Bertz CT molecular complexity index is 444. The van der Waals surface area contributed by atoms with E-state index in [9.17, 15) is 0 Å². The number of nitrogens with zero attached hydrogens (tertiary/aromatic N) is 2. The molecule has 3 nitrogen and oxygen atoms in total. The van der Waals surface area contributed by atoms with Gasteiger partial charge in [-0.1, -0.05) is 20.3 Å². The molecule has 3 heteroatoms. The summed E-state index contributed by atoms with van der Waals surface area (Å²) in [4.78, 5) is 9.39. The van der Waals surface area contributed by atoms with E-state index < -0.39 is 0 Å². The van der Waals surface area contributed by atoms with Crippen LogP contribution in [0, 0.1) is 18.8 Å². The van der Waals surface area contributed by atoms with E-state index in [0.29, 0.717) is 17.7 Å². The Balaban J connectivity index is 1.95. The molecule has 1 heterocycles. The maximum atomic E-state index is 6.14. The summed E-state index contributed by atoms with van der Waals surface area (Å²) in [6.07, 6.45) is 5.45. The second kappa shape index (κ2) is 4.22. The molecule has 0 radical (unpaired) electrons. The summed E-state index contributed by atoms with van der Waals surface area (Å²) in [7, 11) is 0. The van der Waals surface area contributed by atoms with Gasteiger partial charge in [0, 0.05) is 17.2 Å². The van der Waals surface area contributed by atoms with Crippen LogP contribution in [0.25, 0.3) is 0 Å². The number of aromatic nitrogens is 2. The number of rotatable bonds is 2. The molecule has 2 aliphatic carbocycles. The zero-order valence-corrected chi connectivity index (χ0v) is 11.6. The molecule has 18 heavy (non-hydrogen) atoms. The second-order valence-electron chi connectivity index (χ2n) is 6.40. The number of aryl methyl sites for hydroxylation is 1. The quantitative estimate of drug-likeness (QED) is 0.868. The first-order valence-electron chi connectivity index (χ1n) is 7.20. The number of hydrogen-bond donors (Lipinski definition) is 1. The standard InChI is InChI=1S/C15H23N3/c1-8(2)13-9(3)17-15(18-14(13)16)12-7-10-4-5-11(12)6-10/h8,10-12H,4-7H2,1-3H3,(H2,16,17,18). The lowest BCUT2D eigenvalue weighted by Gasteiger charge is -2.22. The molecule has 1 aromatic heterocycles. The highest BCUT2D eigenvalue weighted by Gasteiger charge is 2.41. The largest absolute Gasteiger partial charge is 0.383 e. The van der Waals surface area contributed by atoms with Crippen LogP contribution in [0.1, 0.15) is 68.4 Å². The highest BCUT2D eigenvalue weighted by atomic mass is 15.0. The van der Waals surface area contributed by atoms with E-state index in [2.05, 4.69) is 25.8 Å². The molecule has 3 unspecified atom stereocenters. The van der Waals surface area contributed by atoms with Crippen molar-refractivity contribution in [1.29, 1.82) is 0 Å². The number of fused-ring (bicyclic) bond motifs is 2. The summed E-state index contributed by atoms with van der Waals surface area (Å²) in [6, 6.07) is 0. The molecule has 2 aliphatic rings. The molecule has 3 atom stereocenters. The average Bonchev–Trinajstić information content (AvgIpc) is 2.88. The van der Waals surface area contributed by atoms with Crippen LogP contribution in [0.2, 0.25) is 0 Å². The molecule has 98 valence electrons. The van der Waals surface area contributed by atoms with Gasteiger partial charge in [-0.05, 0) is 43.9 Å². The van der Waals surface area contributed by atoms with E-state index in [1.165, 1.54) is 25.7 Å². The fourth-order valence-electron chi connectivity index (χ4n) is 4.07. The van der Waals surface area contributed by atoms with Crippen LogP contribution in [0.3, 0.4) is 0 Å². The van der Waals surface area contributed by atoms with E-state index in [-0.39, 0.29) is 0 Å². The molecular formula is C15H23N3. The van der Waals surface area contributed by atoms with Crippen molar-refractivity contribution in [3.8, 4) is 0 Å². The molecule has 0 amide bonds. The molecule has 0 saturated heterocycles. The molecule has 3 rings (SSSR count). The van der Waals surface area contributed by atoms with Crippen molar-refractivity contribution in [3.05, 3.63) is 17.1 Å². The highest BCUT2D eigenvalue weighted by Crippen LogP contribution is 2.52. The Morgan fingerprint density at radius 1 is 1.17 bits per heavy atom. The Morgan fingerprint density at radius 3 is 2.44 bits per heavy atom. The molecule has 2 saturated carbocycles. The Hall–Kier alpha value is -1.12. The maximum absolute atomic E-state index is 6.14. The Morgan fingerprint density at radius 2 is 1.94 bits per heavy atom. The van der Waals surface area contributed by atoms with Gasteiger partial charge in [0.25, 0.3) is 0 Å². The lowest BCUT2D eigenvalue weighted by atomic mass is 9.88.